The summed E-state index contributed by atoms with van der Waals surface area (Å²) in [5.74, 6) is 1.61. The van der Waals surface area contributed by atoms with E-state index in [4.69, 9.17) is 0 Å². The second-order valence-electron chi connectivity index (χ2n) is 4.78. The normalized spacial score (nSPS) is 11.4. The van der Waals surface area contributed by atoms with Crippen LogP contribution >= 0.6 is 0 Å². The fraction of sp³-hybridized carbons (Fsp3) is 0.538. The highest BCUT2D eigenvalue weighted by molar-refractivity contribution is 5.06. The topological polar surface area (TPSA) is 35.6 Å². The zero-order valence-electron chi connectivity index (χ0n) is 11.0. The van der Waals surface area contributed by atoms with Gasteiger partial charge in [0.1, 0.15) is 5.82 Å². The summed E-state index contributed by atoms with van der Waals surface area (Å²) in [5.41, 5.74) is 2.30. The van der Waals surface area contributed by atoms with Crippen molar-refractivity contribution in [2.45, 2.75) is 46.7 Å². The van der Waals surface area contributed by atoms with Crippen LogP contribution in [-0.4, -0.2) is 19.3 Å². The van der Waals surface area contributed by atoms with E-state index >= 15 is 0 Å². The Morgan fingerprint density at radius 3 is 2.59 bits per heavy atom. The first-order valence-corrected chi connectivity index (χ1v) is 6.10. The molecule has 0 spiro atoms. The van der Waals surface area contributed by atoms with Crippen molar-refractivity contribution in [2.75, 3.05) is 0 Å². The van der Waals surface area contributed by atoms with E-state index in [-0.39, 0.29) is 0 Å². The molecule has 0 fully saturated rings. The minimum absolute atomic E-state index is 0.463. The predicted octanol–water partition coefficient (Wildman–Crippen LogP) is 2.52. The quantitative estimate of drug-likeness (QED) is 0.812. The largest absolute Gasteiger partial charge is 0.333 e. The molecule has 0 bridgehead atoms. The molecule has 0 aliphatic carbocycles. The molecule has 0 saturated carbocycles. The van der Waals surface area contributed by atoms with E-state index in [1.54, 1.807) is 0 Å². The number of rotatable bonds is 4. The number of aromatic nitrogens is 4. The molecular formula is C13H20N4. The molecule has 0 aliphatic rings. The molecular weight excluding hydrogens is 212 g/mol. The molecule has 2 heterocycles. The van der Waals surface area contributed by atoms with E-state index in [0.29, 0.717) is 5.92 Å². The summed E-state index contributed by atoms with van der Waals surface area (Å²) >= 11 is 0. The standard InChI is InChI=1S/C13H20N4/c1-10(2)13-14-5-6-16(13)7-8-17-12(4)9-11(3)15-17/h5-6,9-10H,7-8H2,1-4H3. The van der Waals surface area contributed by atoms with Gasteiger partial charge in [0, 0.05) is 30.6 Å². The number of aryl methyl sites for hydroxylation is 4. The van der Waals surface area contributed by atoms with Gasteiger partial charge in [-0.15, -0.1) is 0 Å². The van der Waals surface area contributed by atoms with Crippen LogP contribution in [0.5, 0.6) is 0 Å². The molecule has 4 nitrogen and oxygen atoms in total. The van der Waals surface area contributed by atoms with Crippen LogP contribution in [0, 0.1) is 13.8 Å². The second-order valence-corrected chi connectivity index (χ2v) is 4.78. The highest BCUT2D eigenvalue weighted by Crippen LogP contribution is 2.12. The highest BCUT2D eigenvalue weighted by atomic mass is 15.3. The van der Waals surface area contributed by atoms with Crippen LogP contribution < -0.4 is 0 Å². The molecule has 0 saturated heterocycles. The Morgan fingerprint density at radius 1 is 1.24 bits per heavy atom. The van der Waals surface area contributed by atoms with Crippen LogP contribution in [0.4, 0.5) is 0 Å². The maximum absolute atomic E-state index is 4.47. The van der Waals surface area contributed by atoms with E-state index in [9.17, 15) is 0 Å². The lowest BCUT2D eigenvalue weighted by atomic mass is 10.2. The lowest BCUT2D eigenvalue weighted by molar-refractivity contribution is 0.502. The number of hydrogen-bond acceptors (Lipinski definition) is 2. The van der Waals surface area contributed by atoms with Gasteiger partial charge in [-0.3, -0.25) is 4.68 Å². The molecule has 0 amide bonds. The van der Waals surface area contributed by atoms with Crippen LogP contribution in [0.2, 0.25) is 0 Å². The Bertz CT molecular complexity index is 493. The fourth-order valence-electron chi connectivity index (χ4n) is 2.11. The number of hydrogen-bond donors (Lipinski definition) is 0. The van der Waals surface area contributed by atoms with Crippen molar-refractivity contribution in [3.05, 3.63) is 35.7 Å². The van der Waals surface area contributed by atoms with Crippen molar-refractivity contribution in [3.8, 4) is 0 Å². The fourth-order valence-corrected chi connectivity index (χ4v) is 2.11. The van der Waals surface area contributed by atoms with Crippen LogP contribution in [0.1, 0.15) is 37.0 Å². The van der Waals surface area contributed by atoms with E-state index < -0.39 is 0 Å². The van der Waals surface area contributed by atoms with Gasteiger partial charge in [0.05, 0.1) is 12.2 Å². The van der Waals surface area contributed by atoms with Crippen LogP contribution in [0.15, 0.2) is 18.5 Å². The van der Waals surface area contributed by atoms with Crippen LogP contribution in [0.25, 0.3) is 0 Å². The summed E-state index contributed by atoms with van der Waals surface area (Å²) in [4.78, 5) is 4.39. The Kier molecular flexibility index (Phi) is 3.31. The molecule has 4 heteroatoms. The summed E-state index contributed by atoms with van der Waals surface area (Å²) in [6, 6.07) is 2.11. The Balaban J connectivity index is 2.07. The summed E-state index contributed by atoms with van der Waals surface area (Å²) < 4.78 is 4.26. The first-order valence-electron chi connectivity index (χ1n) is 6.10. The van der Waals surface area contributed by atoms with Crippen molar-refractivity contribution >= 4 is 0 Å². The average Bonchev–Trinajstić information content (AvgIpc) is 2.82. The van der Waals surface area contributed by atoms with Crippen molar-refractivity contribution in [3.63, 3.8) is 0 Å². The van der Waals surface area contributed by atoms with Crippen molar-refractivity contribution in [2.24, 2.45) is 0 Å². The van der Waals surface area contributed by atoms with Crippen LogP contribution in [-0.2, 0) is 13.1 Å². The monoisotopic (exact) mass is 232 g/mol. The van der Waals surface area contributed by atoms with E-state index in [2.05, 4.69) is 46.2 Å². The molecule has 2 aromatic heterocycles. The minimum atomic E-state index is 0.463. The summed E-state index contributed by atoms with van der Waals surface area (Å²) in [7, 11) is 0. The summed E-state index contributed by atoms with van der Waals surface area (Å²) in [5, 5.41) is 4.47. The molecule has 0 aromatic carbocycles. The predicted molar refractivity (Wildman–Crippen MR) is 68.0 cm³/mol. The van der Waals surface area contributed by atoms with E-state index in [0.717, 1.165) is 24.6 Å². The molecule has 0 unspecified atom stereocenters. The molecule has 0 N–H and O–H groups in total. The maximum atomic E-state index is 4.47. The molecule has 2 aromatic rings. The van der Waals surface area contributed by atoms with Gasteiger partial charge in [0.2, 0.25) is 0 Å². The molecule has 0 aliphatic heterocycles. The Hall–Kier alpha value is -1.58. The average molecular weight is 232 g/mol. The Morgan fingerprint density at radius 2 is 2.00 bits per heavy atom. The highest BCUT2D eigenvalue weighted by Gasteiger charge is 2.07. The second kappa shape index (κ2) is 4.73. The molecule has 17 heavy (non-hydrogen) atoms. The minimum Gasteiger partial charge on any atom is -0.333 e. The maximum Gasteiger partial charge on any atom is 0.111 e. The van der Waals surface area contributed by atoms with Gasteiger partial charge >= 0.3 is 0 Å². The van der Waals surface area contributed by atoms with Gasteiger partial charge in [-0.25, -0.2) is 4.98 Å². The van der Waals surface area contributed by atoms with Gasteiger partial charge in [-0.05, 0) is 19.9 Å². The zero-order valence-corrected chi connectivity index (χ0v) is 11.0. The number of imidazole rings is 1. The van der Waals surface area contributed by atoms with Crippen molar-refractivity contribution in [1.29, 1.82) is 0 Å². The lowest BCUT2D eigenvalue weighted by Crippen LogP contribution is -2.12. The van der Waals surface area contributed by atoms with Gasteiger partial charge < -0.3 is 4.57 Å². The first-order chi connectivity index (χ1) is 8.08. The third-order valence-corrected chi connectivity index (χ3v) is 2.92. The van der Waals surface area contributed by atoms with Gasteiger partial charge in [-0.1, -0.05) is 13.8 Å². The molecule has 0 radical (unpaired) electrons. The molecule has 0 atom stereocenters. The molecule has 92 valence electrons. The summed E-state index contributed by atoms with van der Waals surface area (Å²) in [6.45, 7) is 10.3. The zero-order chi connectivity index (χ0) is 12.4. The van der Waals surface area contributed by atoms with Crippen LogP contribution in [0.3, 0.4) is 0 Å². The third kappa shape index (κ3) is 2.57. The lowest BCUT2D eigenvalue weighted by Gasteiger charge is -2.11. The van der Waals surface area contributed by atoms with E-state index in [1.165, 1.54) is 5.69 Å². The van der Waals surface area contributed by atoms with Crippen molar-refractivity contribution in [1.82, 2.24) is 19.3 Å². The van der Waals surface area contributed by atoms with E-state index in [1.807, 2.05) is 19.3 Å². The van der Waals surface area contributed by atoms with Gasteiger partial charge in [0.25, 0.3) is 0 Å². The summed E-state index contributed by atoms with van der Waals surface area (Å²) in [6.07, 6.45) is 3.91. The SMILES string of the molecule is Cc1cc(C)n(CCn2ccnc2C(C)C)n1. The Labute approximate surface area is 102 Å². The van der Waals surface area contributed by atoms with Gasteiger partial charge in [0.15, 0.2) is 0 Å². The van der Waals surface area contributed by atoms with Crippen molar-refractivity contribution < 1.29 is 0 Å². The van der Waals surface area contributed by atoms with Gasteiger partial charge in [-0.2, -0.15) is 5.10 Å². The smallest absolute Gasteiger partial charge is 0.111 e. The molecule has 2 rings (SSSR count). The number of nitrogens with zero attached hydrogens (tertiary/aromatic N) is 4. The first kappa shape index (κ1) is 11.9. The third-order valence-electron chi connectivity index (χ3n) is 2.92.